The van der Waals surface area contributed by atoms with E-state index in [0.29, 0.717) is 73.2 Å². The molecule has 2 bridgehead atoms. The lowest BCUT2D eigenvalue weighted by molar-refractivity contribution is -0.165. The monoisotopic (exact) mass is 552 g/mol. The van der Waals surface area contributed by atoms with E-state index in [-0.39, 0.29) is 29.5 Å². The number of carbonyl (C=O) groups excluding carboxylic acids is 1. The van der Waals surface area contributed by atoms with Crippen molar-refractivity contribution in [1.82, 2.24) is 20.3 Å². The number of aryl methyl sites for hydroxylation is 1. The molecule has 4 aliphatic rings. The summed E-state index contributed by atoms with van der Waals surface area (Å²) in [7, 11) is 0. The fourth-order valence-corrected chi connectivity index (χ4v) is 5.61. The van der Waals surface area contributed by atoms with Gasteiger partial charge in [-0.15, -0.1) is 0 Å². The summed E-state index contributed by atoms with van der Waals surface area (Å²) >= 11 is 0. The number of hydrogen-bond acceptors (Lipinski definition) is 9. The van der Waals surface area contributed by atoms with Crippen molar-refractivity contribution in [2.24, 2.45) is 5.73 Å². The van der Waals surface area contributed by atoms with Crippen LogP contribution in [-0.4, -0.2) is 58.4 Å². The zero-order valence-corrected chi connectivity index (χ0v) is 23.1. The number of ether oxygens (including phenoxy) is 3. The minimum Gasteiger partial charge on any atom is -0.480 e. The summed E-state index contributed by atoms with van der Waals surface area (Å²) < 4.78 is 32.3. The molecule has 0 aromatic carbocycles. The first-order valence-electron chi connectivity index (χ1n) is 14.1. The van der Waals surface area contributed by atoms with Crippen LogP contribution in [0.2, 0.25) is 0 Å². The van der Waals surface area contributed by atoms with Crippen molar-refractivity contribution in [3.63, 3.8) is 0 Å². The number of pyridine rings is 3. The minimum absolute atomic E-state index is 0.0132. The topological polar surface area (TPSA) is 134 Å². The molecule has 1 amide bonds. The van der Waals surface area contributed by atoms with Crippen LogP contribution >= 0.6 is 0 Å². The molecule has 0 atom stereocenters. The molecule has 40 heavy (non-hydrogen) atoms. The van der Waals surface area contributed by atoms with Crippen LogP contribution in [0.1, 0.15) is 57.2 Å². The van der Waals surface area contributed by atoms with Crippen LogP contribution in [0.25, 0.3) is 11.0 Å². The molecular weight excluding hydrogens is 515 g/mol. The number of fused-ring (bicyclic) bond motifs is 5. The van der Waals surface area contributed by atoms with Crippen LogP contribution < -0.4 is 25.8 Å². The van der Waals surface area contributed by atoms with Gasteiger partial charge in [0.2, 0.25) is 5.88 Å². The maximum Gasteiger partial charge on any atom is 0.263 e. The van der Waals surface area contributed by atoms with Gasteiger partial charge in [0.05, 0.1) is 35.1 Å². The maximum absolute atomic E-state index is 14.9. The number of anilines is 1. The molecule has 0 unspecified atom stereocenters. The van der Waals surface area contributed by atoms with Gasteiger partial charge in [-0.25, -0.2) is 14.4 Å². The SMILES string of the molecule is CC.NCCOc1ccc2ncc(F)c(CCC34CCC(NCc5ccc6c(n5)NC(=O)CO6)(CC3)CO4)c2n1. The van der Waals surface area contributed by atoms with E-state index in [9.17, 15) is 9.18 Å². The van der Waals surface area contributed by atoms with Crippen molar-refractivity contribution >= 4 is 22.8 Å². The largest absolute Gasteiger partial charge is 0.480 e. The predicted molar refractivity (Wildman–Crippen MR) is 149 cm³/mol. The quantitative estimate of drug-likeness (QED) is 0.364. The van der Waals surface area contributed by atoms with E-state index in [1.807, 2.05) is 26.0 Å². The standard InChI is InChI=1S/C27H31FN6O4.C2H6/c28-19-14-30-20-2-4-23(36-12-11-29)34-24(20)18(19)5-6-27-9-7-26(8-10-27,16-38-27)31-13-17-1-3-21-25(32-17)33-22(35)15-37-21;1-2/h1-4,14,31H,5-13,15-16,29H2,(H,32,33,35);1-2H3. The Morgan fingerprint density at radius 2 is 1.98 bits per heavy atom. The van der Waals surface area contributed by atoms with E-state index in [1.54, 1.807) is 12.1 Å². The molecular formula is C29H37FN6O4. The molecule has 0 radical (unpaired) electrons. The first-order chi connectivity index (χ1) is 19.5. The predicted octanol–water partition coefficient (Wildman–Crippen LogP) is 3.66. The smallest absolute Gasteiger partial charge is 0.263 e. The van der Waals surface area contributed by atoms with Gasteiger partial charge >= 0.3 is 0 Å². The number of carbonyl (C=O) groups is 1. The van der Waals surface area contributed by atoms with Gasteiger partial charge in [-0.05, 0) is 56.7 Å². The second-order valence-corrected chi connectivity index (χ2v) is 10.3. The van der Waals surface area contributed by atoms with Crippen molar-refractivity contribution in [2.75, 3.05) is 31.7 Å². The van der Waals surface area contributed by atoms with Gasteiger partial charge in [0.15, 0.2) is 18.2 Å². The zero-order chi connectivity index (χ0) is 28.2. The van der Waals surface area contributed by atoms with Gasteiger partial charge in [0.25, 0.3) is 5.91 Å². The summed E-state index contributed by atoms with van der Waals surface area (Å²) in [6.07, 6.45) is 6.20. The molecule has 10 nitrogen and oxygen atoms in total. The number of rotatable bonds is 9. The lowest BCUT2D eigenvalue weighted by Gasteiger charge is -2.53. The number of nitrogens with one attached hydrogen (secondary N) is 2. The third-order valence-electron chi connectivity index (χ3n) is 7.89. The van der Waals surface area contributed by atoms with E-state index in [2.05, 4.69) is 25.6 Å². The highest BCUT2D eigenvalue weighted by Crippen LogP contribution is 2.46. The average Bonchev–Trinajstić information content (AvgIpc) is 3.00. The maximum atomic E-state index is 14.9. The summed E-state index contributed by atoms with van der Waals surface area (Å²) in [5.74, 6) is 0.903. The lowest BCUT2D eigenvalue weighted by atomic mass is 9.69. The Balaban J connectivity index is 0.00000158. The molecule has 7 rings (SSSR count). The first-order valence-corrected chi connectivity index (χ1v) is 14.1. The number of hydrogen-bond donors (Lipinski definition) is 3. The molecule has 3 aliphatic heterocycles. The minimum atomic E-state index is -0.362. The summed E-state index contributed by atoms with van der Waals surface area (Å²) in [5, 5.41) is 6.42. The second-order valence-electron chi connectivity index (χ2n) is 10.3. The van der Waals surface area contributed by atoms with Gasteiger partial charge in [-0.2, -0.15) is 0 Å². The highest BCUT2D eigenvalue weighted by molar-refractivity contribution is 5.94. The number of aromatic nitrogens is 3. The Hall–Kier alpha value is -3.41. The molecule has 3 aromatic rings. The zero-order valence-electron chi connectivity index (χ0n) is 23.1. The van der Waals surface area contributed by atoms with Crippen molar-refractivity contribution in [2.45, 2.75) is 70.1 Å². The Morgan fingerprint density at radius 3 is 2.73 bits per heavy atom. The molecule has 0 spiro atoms. The second kappa shape index (κ2) is 12.0. The van der Waals surface area contributed by atoms with Crippen LogP contribution in [0.15, 0.2) is 30.5 Å². The summed E-state index contributed by atoms with van der Waals surface area (Å²) in [6, 6.07) is 7.27. The molecule has 11 heteroatoms. The van der Waals surface area contributed by atoms with Gasteiger partial charge in [0.1, 0.15) is 12.4 Å². The molecule has 214 valence electrons. The van der Waals surface area contributed by atoms with Crippen molar-refractivity contribution in [3.8, 4) is 11.6 Å². The van der Waals surface area contributed by atoms with Crippen molar-refractivity contribution < 1.29 is 23.4 Å². The average molecular weight is 553 g/mol. The fraction of sp³-hybridized carbons (Fsp3) is 0.517. The fourth-order valence-electron chi connectivity index (χ4n) is 5.61. The molecule has 1 saturated carbocycles. The molecule has 6 heterocycles. The molecule has 3 aromatic heterocycles. The van der Waals surface area contributed by atoms with Crippen molar-refractivity contribution in [3.05, 3.63) is 47.5 Å². The Bertz CT molecular complexity index is 1350. The van der Waals surface area contributed by atoms with E-state index < -0.39 is 0 Å². The van der Waals surface area contributed by atoms with Crippen LogP contribution in [0.3, 0.4) is 0 Å². The highest BCUT2D eigenvalue weighted by atomic mass is 19.1. The van der Waals surface area contributed by atoms with Crippen LogP contribution in [-0.2, 0) is 22.5 Å². The molecule has 3 fully saturated rings. The van der Waals surface area contributed by atoms with Crippen molar-refractivity contribution in [1.29, 1.82) is 0 Å². The van der Waals surface area contributed by atoms with E-state index in [4.69, 9.17) is 19.9 Å². The Labute approximate surface area is 233 Å². The molecule has 4 N–H and O–H groups in total. The number of halogens is 1. The van der Waals surface area contributed by atoms with E-state index in [0.717, 1.165) is 31.4 Å². The molecule has 2 saturated heterocycles. The third-order valence-corrected chi connectivity index (χ3v) is 7.89. The number of nitrogens with two attached hydrogens (primary N) is 1. The van der Waals surface area contributed by atoms with Gasteiger partial charge in [-0.3, -0.25) is 9.78 Å². The lowest BCUT2D eigenvalue weighted by Crippen LogP contribution is -2.61. The van der Waals surface area contributed by atoms with E-state index in [1.165, 1.54) is 6.20 Å². The number of nitrogens with zero attached hydrogens (tertiary/aromatic N) is 3. The summed E-state index contributed by atoms with van der Waals surface area (Å²) in [6.45, 7) is 5.89. The van der Waals surface area contributed by atoms with Gasteiger partial charge in [-0.1, -0.05) is 13.8 Å². The molecule has 1 aliphatic carbocycles. The van der Waals surface area contributed by atoms with E-state index >= 15 is 0 Å². The third kappa shape index (κ3) is 5.86. The van der Waals surface area contributed by atoms with Gasteiger partial charge in [0, 0.05) is 30.3 Å². The number of amides is 1. The highest BCUT2D eigenvalue weighted by Gasteiger charge is 2.49. The summed E-state index contributed by atoms with van der Waals surface area (Å²) in [5.41, 5.74) is 7.67. The van der Waals surface area contributed by atoms with Gasteiger partial charge < -0.3 is 30.6 Å². The Kier molecular flexibility index (Phi) is 8.43. The van der Waals surface area contributed by atoms with Crippen LogP contribution in [0.5, 0.6) is 11.6 Å². The van der Waals surface area contributed by atoms with Crippen LogP contribution in [0.4, 0.5) is 10.2 Å². The normalized spacial score (nSPS) is 23.1. The van der Waals surface area contributed by atoms with Crippen LogP contribution in [0, 0.1) is 5.82 Å². The first kappa shape index (κ1) is 28.1. The Morgan fingerprint density at radius 1 is 1.15 bits per heavy atom. The summed E-state index contributed by atoms with van der Waals surface area (Å²) in [4.78, 5) is 24.9.